The van der Waals surface area contributed by atoms with Gasteiger partial charge in [0.1, 0.15) is 6.54 Å². The highest BCUT2D eigenvalue weighted by Crippen LogP contribution is 2.49. The Balaban J connectivity index is 1.45. The average molecular weight is 338 g/mol. The number of carbonyl (C=O) groups excluding carboxylic acids is 3. The number of allylic oxidation sites excluding steroid dienone is 2. The molecule has 25 heavy (non-hydrogen) atoms. The van der Waals surface area contributed by atoms with Gasteiger partial charge in [0.25, 0.3) is 0 Å². The Morgan fingerprint density at radius 3 is 2.12 bits per heavy atom. The first-order chi connectivity index (χ1) is 12.1. The highest BCUT2D eigenvalue weighted by Gasteiger charge is 2.56. The van der Waals surface area contributed by atoms with Gasteiger partial charge in [-0.05, 0) is 30.2 Å². The summed E-state index contributed by atoms with van der Waals surface area (Å²) in [7, 11) is 1.71. The third-order valence-corrected chi connectivity index (χ3v) is 5.83. The molecule has 1 saturated carbocycles. The molecule has 3 amide bonds. The Bertz CT molecular complexity index is 711. The fourth-order valence-corrected chi connectivity index (χ4v) is 4.49. The van der Waals surface area contributed by atoms with Crippen molar-refractivity contribution in [1.82, 2.24) is 9.80 Å². The average Bonchev–Trinajstić information content (AvgIpc) is 2.90. The molecule has 1 aliphatic heterocycles. The van der Waals surface area contributed by atoms with Crippen LogP contribution in [0.15, 0.2) is 42.5 Å². The summed E-state index contributed by atoms with van der Waals surface area (Å²) in [5.74, 6) is -0.690. The van der Waals surface area contributed by atoms with E-state index in [-0.39, 0.29) is 47.9 Å². The molecular formula is C20H22N2O3. The van der Waals surface area contributed by atoms with Gasteiger partial charge in [0.15, 0.2) is 0 Å². The molecule has 1 aromatic carbocycles. The number of benzene rings is 1. The fraction of sp³-hybridized carbons (Fsp3) is 0.450. The first kappa shape index (κ1) is 16.1. The van der Waals surface area contributed by atoms with E-state index in [9.17, 15) is 14.4 Å². The lowest BCUT2D eigenvalue weighted by molar-refractivity contribution is -0.146. The molecule has 4 atom stereocenters. The number of likely N-dealkylation sites (N-methyl/N-ethyl adjacent to an activating group) is 1. The van der Waals surface area contributed by atoms with Crippen LogP contribution in [0.25, 0.3) is 0 Å². The van der Waals surface area contributed by atoms with Crippen molar-refractivity contribution in [1.29, 1.82) is 0 Å². The predicted octanol–water partition coefficient (Wildman–Crippen LogP) is 1.84. The highest BCUT2D eigenvalue weighted by molar-refractivity contribution is 6.08. The van der Waals surface area contributed by atoms with Crippen molar-refractivity contribution >= 4 is 17.7 Å². The van der Waals surface area contributed by atoms with Gasteiger partial charge in [-0.15, -0.1) is 0 Å². The normalized spacial score (nSPS) is 29.9. The van der Waals surface area contributed by atoms with Crippen LogP contribution < -0.4 is 0 Å². The van der Waals surface area contributed by atoms with Crippen LogP contribution >= 0.6 is 0 Å². The van der Waals surface area contributed by atoms with Crippen LogP contribution in [0, 0.1) is 23.7 Å². The van der Waals surface area contributed by atoms with E-state index in [1.54, 1.807) is 11.9 Å². The van der Waals surface area contributed by atoms with E-state index < -0.39 is 0 Å². The third-order valence-electron chi connectivity index (χ3n) is 5.83. The second-order valence-electron chi connectivity index (χ2n) is 7.34. The summed E-state index contributed by atoms with van der Waals surface area (Å²) in [5.41, 5.74) is 1.02. The van der Waals surface area contributed by atoms with Crippen LogP contribution in [0.2, 0.25) is 0 Å². The van der Waals surface area contributed by atoms with Crippen molar-refractivity contribution < 1.29 is 14.4 Å². The zero-order chi connectivity index (χ0) is 17.6. The number of amides is 3. The molecular weight excluding hydrogens is 316 g/mol. The molecule has 5 rings (SSSR count). The maximum absolute atomic E-state index is 12.8. The number of carbonyl (C=O) groups is 3. The number of rotatable bonds is 4. The molecule has 2 fully saturated rings. The van der Waals surface area contributed by atoms with Crippen LogP contribution in [-0.4, -0.2) is 41.1 Å². The van der Waals surface area contributed by atoms with Gasteiger partial charge in [0.05, 0.1) is 11.8 Å². The van der Waals surface area contributed by atoms with Crippen LogP contribution in [-0.2, 0) is 20.9 Å². The second-order valence-corrected chi connectivity index (χ2v) is 7.34. The third kappa shape index (κ3) is 2.68. The van der Waals surface area contributed by atoms with Crippen molar-refractivity contribution in [3.8, 4) is 0 Å². The van der Waals surface area contributed by atoms with E-state index in [0.717, 1.165) is 18.4 Å². The van der Waals surface area contributed by atoms with Crippen LogP contribution in [0.5, 0.6) is 0 Å². The summed E-state index contributed by atoms with van der Waals surface area (Å²) in [6.07, 6.45) is 6.12. The Kier molecular flexibility index (Phi) is 3.94. The van der Waals surface area contributed by atoms with Gasteiger partial charge in [0.2, 0.25) is 17.7 Å². The first-order valence-corrected chi connectivity index (χ1v) is 8.87. The van der Waals surface area contributed by atoms with Crippen molar-refractivity contribution in [2.24, 2.45) is 23.7 Å². The van der Waals surface area contributed by atoms with E-state index in [2.05, 4.69) is 12.2 Å². The molecule has 0 radical (unpaired) electrons. The summed E-state index contributed by atoms with van der Waals surface area (Å²) in [6, 6.07) is 9.68. The monoisotopic (exact) mass is 338 g/mol. The molecule has 1 saturated heterocycles. The zero-order valence-electron chi connectivity index (χ0n) is 14.3. The number of imide groups is 1. The summed E-state index contributed by atoms with van der Waals surface area (Å²) in [5, 5.41) is 0. The molecule has 5 nitrogen and oxygen atoms in total. The Labute approximate surface area is 147 Å². The van der Waals surface area contributed by atoms with Gasteiger partial charge in [0, 0.05) is 13.6 Å². The van der Waals surface area contributed by atoms with Gasteiger partial charge in [-0.3, -0.25) is 19.3 Å². The first-order valence-electron chi connectivity index (χ1n) is 8.87. The van der Waals surface area contributed by atoms with E-state index in [1.165, 1.54) is 4.90 Å². The topological polar surface area (TPSA) is 57.7 Å². The summed E-state index contributed by atoms with van der Waals surface area (Å²) in [6.45, 7) is 0.322. The number of fused-ring (bicyclic) bond motifs is 1. The minimum absolute atomic E-state index is 0.145. The maximum Gasteiger partial charge on any atom is 0.242 e. The van der Waals surface area contributed by atoms with Crippen molar-refractivity contribution in [2.45, 2.75) is 19.4 Å². The molecule has 1 aromatic rings. The molecule has 1 heterocycles. The molecule has 5 heteroatoms. The quantitative estimate of drug-likeness (QED) is 0.622. The lowest BCUT2D eigenvalue weighted by Gasteiger charge is -2.38. The lowest BCUT2D eigenvalue weighted by atomic mass is 9.63. The lowest BCUT2D eigenvalue weighted by Crippen LogP contribution is -2.41. The maximum atomic E-state index is 12.8. The minimum atomic E-state index is -0.247. The van der Waals surface area contributed by atoms with Gasteiger partial charge >= 0.3 is 0 Å². The number of hydrogen-bond donors (Lipinski definition) is 0. The molecule has 4 unspecified atom stereocenters. The summed E-state index contributed by atoms with van der Waals surface area (Å²) >= 11 is 0. The molecule has 2 bridgehead atoms. The summed E-state index contributed by atoms with van der Waals surface area (Å²) < 4.78 is 0. The van der Waals surface area contributed by atoms with Gasteiger partial charge < -0.3 is 4.90 Å². The Morgan fingerprint density at radius 2 is 1.60 bits per heavy atom. The van der Waals surface area contributed by atoms with Gasteiger partial charge in [-0.25, -0.2) is 0 Å². The minimum Gasteiger partial charge on any atom is -0.340 e. The molecule has 130 valence electrons. The van der Waals surface area contributed by atoms with Crippen LogP contribution in [0.3, 0.4) is 0 Å². The number of nitrogens with zero attached hydrogens (tertiary/aromatic N) is 2. The zero-order valence-corrected chi connectivity index (χ0v) is 14.3. The smallest absolute Gasteiger partial charge is 0.242 e. The van der Waals surface area contributed by atoms with Crippen molar-refractivity contribution in [2.75, 3.05) is 13.6 Å². The largest absolute Gasteiger partial charge is 0.340 e. The van der Waals surface area contributed by atoms with Crippen molar-refractivity contribution in [3.05, 3.63) is 48.0 Å². The molecule has 0 aromatic heterocycles. The SMILES string of the molecule is CN(Cc1ccccc1)C(=O)CN1C(=O)C2C3C=CC(CC3)C2C1=O. The van der Waals surface area contributed by atoms with E-state index in [1.807, 2.05) is 30.3 Å². The summed E-state index contributed by atoms with van der Waals surface area (Å²) in [4.78, 5) is 40.8. The fourth-order valence-electron chi connectivity index (χ4n) is 4.49. The van der Waals surface area contributed by atoms with Crippen LogP contribution in [0.4, 0.5) is 0 Å². The van der Waals surface area contributed by atoms with E-state index in [0.29, 0.717) is 6.54 Å². The number of likely N-dealkylation sites (tertiary alicyclic amines) is 1. The number of hydrogen-bond acceptors (Lipinski definition) is 3. The Morgan fingerprint density at radius 1 is 1.04 bits per heavy atom. The molecule has 0 spiro atoms. The van der Waals surface area contributed by atoms with Crippen LogP contribution in [0.1, 0.15) is 18.4 Å². The second kappa shape index (κ2) is 6.14. The predicted molar refractivity (Wildman–Crippen MR) is 92.0 cm³/mol. The highest BCUT2D eigenvalue weighted by atomic mass is 16.2. The molecule has 3 aliphatic carbocycles. The molecule has 0 N–H and O–H groups in total. The van der Waals surface area contributed by atoms with Gasteiger partial charge in [-0.1, -0.05) is 42.5 Å². The van der Waals surface area contributed by atoms with Gasteiger partial charge in [-0.2, -0.15) is 0 Å². The van der Waals surface area contributed by atoms with Crippen molar-refractivity contribution in [3.63, 3.8) is 0 Å². The molecule has 4 aliphatic rings. The Hall–Kier alpha value is -2.43. The van der Waals surface area contributed by atoms with E-state index >= 15 is 0 Å². The van der Waals surface area contributed by atoms with E-state index in [4.69, 9.17) is 0 Å². The standard InChI is InChI=1S/C20H22N2O3/c1-21(11-13-5-3-2-4-6-13)16(23)12-22-19(24)17-14-7-8-15(10-9-14)18(17)20(22)25/h2-8,14-15,17-18H,9-12H2,1H3.